The third kappa shape index (κ3) is 5.66. The maximum atomic E-state index is 14.7. The zero-order valence-corrected chi connectivity index (χ0v) is 32.3. The number of halogens is 1. The zero-order valence-electron chi connectivity index (χ0n) is 30.7. The number of fused-ring (bicyclic) bond motifs is 4. The number of para-hydroxylation sites is 1. The first-order valence-electron chi connectivity index (χ1n) is 18.1. The summed E-state index contributed by atoms with van der Waals surface area (Å²) in [5.41, 5.74) is 2.89. The molecule has 6 atom stereocenters. The summed E-state index contributed by atoms with van der Waals surface area (Å²) in [7, 11) is 4.66. The Morgan fingerprint density at radius 2 is 1.47 bits per heavy atom. The molecule has 3 fully saturated rings. The van der Waals surface area contributed by atoms with Gasteiger partial charge in [-0.3, -0.25) is 24.1 Å². The Bertz CT molecular complexity index is 2300. The topological polar surface area (TPSA) is 123 Å². The van der Waals surface area contributed by atoms with Gasteiger partial charge < -0.3 is 19.3 Å². The predicted octanol–water partition coefficient (Wildman–Crippen LogP) is 7.79. The molecule has 8 rings (SSSR count). The van der Waals surface area contributed by atoms with Gasteiger partial charge in [-0.2, -0.15) is 0 Å². The van der Waals surface area contributed by atoms with Crippen LogP contribution in [0.25, 0.3) is 12.2 Å². The predicted molar refractivity (Wildman–Crippen MR) is 211 cm³/mol. The molecule has 2 aliphatic carbocycles. The summed E-state index contributed by atoms with van der Waals surface area (Å²) in [6, 6.07) is 25.1. The number of carbonyl (C=O) groups excluding carboxylic acids is 4. The number of benzene rings is 4. The fraction of sp³-hybridized carbons (Fsp3) is 0.273. The molecule has 4 aromatic carbocycles. The molecule has 1 N–H and O–H groups in total. The van der Waals surface area contributed by atoms with E-state index in [-0.39, 0.29) is 41.5 Å². The number of hydrogen-bond acceptors (Lipinski definition) is 8. The average molecular weight is 804 g/mol. The standard InChI is InChI=1S/C44H39BrN2O8/c1-44-33(41(50)47(43(44)52)27-8-6-5-7-9-27)23-32-30(38(44)26-21-34(45)39(48)36(22-26)55-4)17-18-31-37(32)42(51)46(40(31)49)28-14-11-24(12-15-28)10-13-25-20-29(53-2)16-19-35(25)54-3/h5-17,19-22,31-33,37-38,48H,18,23H2,1-4H3/t31-,32+,33-,37-,38-,44+/m0/s1. The van der Waals surface area contributed by atoms with E-state index in [2.05, 4.69) is 15.9 Å². The van der Waals surface area contributed by atoms with Crippen LogP contribution in [0, 0.1) is 29.1 Å². The van der Waals surface area contributed by atoms with Gasteiger partial charge in [-0.25, -0.2) is 4.90 Å². The van der Waals surface area contributed by atoms with Crippen LogP contribution in [0.5, 0.6) is 23.0 Å². The van der Waals surface area contributed by atoms with Gasteiger partial charge in [0.2, 0.25) is 23.6 Å². The first-order chi connectivity index (χ1) is 26.5. The third-order valence-electron chi connectivity index (χ3n) is 11.9. The number of ether oxygens (including phenoxy) is 3. The van der Waals surface area contributed by atoms with Crippen molar-refractivity contribution in [1.82, 2.24) is 0 Å². The number of methoxy groups -OCH3 is 3. The van der Waals surface area contributed by atoms with E-state index in [1.54, 1.807) is 62.8 Å². The Hall–Kier alpha value is -5.68. The van der Waals surface area contributed by atoms with Crippen LogP contribution >= 0.6 is 15.9 Å². The molecule has 0 radical (unpaired) electrons. The fourth-order valence-electron chi connectivity index (χ4n) is 9.28. The van der Waals surface area contributed by atoms with Crippen LogP contribution in [-0.4, -0.2) is 50.1 Å². The molecule has 2 aliphatic heterocycles. The first-order valence-corrected chi connectivity index (χ1v) is 18.9. The molecule has 4 amide bonds. The van der Waals surface area contributed by atoms with E-state index in [9.17, 15) is 24.3 Å². The van der Waals surface area contributed by atoms with Crippen molar-refractivity contribution in [1.29, 1.82) is 0 Å². The number of rotatable bonds is 8. The number of nitrogens with zero attached hydrogens (tertiary/aromatic N) is 2. The van der Waals surface area contributed by atoms with E-state index in [4.69, 9.17) is 14.2 Å². The Kier molecular flexibility index (Phi) is 9.16. The van der Waals surface area contributed by atoms with Gasteiger partial charge in [0.15, 0.2) is 11.5 Å². The van der Waals surface area contributed by atoms with Gasteiger partial charge in [-0.1, -0.05) is 54.1 Å². The number of hydrogen-bond donors (Lipinski definition) is 1. The van der Waals surface area contributed by atoms with Crippen LogP contribution in [-0.2, 0) is 19.2 Å². The van der Waals surface area contributed by atoms with Gasteiger partial charge in [0, 0.05) is 11.5 Å². The largest absolute Gasteiger partial charge is 0.503 e. The van der Waals surface area contributed by atoms with Crippen molar-refractivity contribution in [3.8, 4) is 23.0 Å². The SMILES string of the molecule is COc1ccc(OC)c(C=Cc2ccc(N3C(=O)[C@H]4[C@H](CC=C5[C@H]4C[C@H]4C(=O)N(c6ccccc6)C(=O)[C@@]4(C)[C@H]5c4cc(Br)c(O)c(OC)c4)C3=O)cc2)c1. The normalized spacial score (nSPS) is 25.8. The van der Waals surface area contributed by atoms with Crippen molar-refractivity contribution in [3.05, 3.63) is 118 Å². The minimum atomic E-state index is -1.23. The number of aromatic hydroxyl groups is 1. The Morgan fingerprint density at radius 1 is 0.764 bits per heavy atom. The summed E-state index contributed by atoms with van der Waals surface area (Å²) in [4.78, 5) is 60.4. The number of imide groups is 2. The van der Waals surface area contributed by atoms with Gasteiger partial charge in [0.1, 0.15) is 11.5 Å². The average Bonchev–Trinajstić information content (AvgIpc) is 3.57. The van der Waals surface area contributed by atoms with Gasteiger partial charge in [-0.15, -0.1) is 0 Å². The highest BCUT2D eigenvalue weighted by molar-refractivity contribution is 9.10. The molecule has 10 nitrogen and oxygen atoms in total. The molecule has 2 saturated heterocycles. The van der Waals surface area contributed by atoms with Crippen molar-refractivity contribution >= 4 is 63.1 Å². The summed E-state index contributed by atoms with van der Waals surface area (Å²) < 4.78 is 16.8. The van der Waals surface area contributed by atoms with E-state index in [1.165, 1.54) is 16.9 Å². The van der Waals surface area contributed by atoms with Crippen LogP contribution < -0.4 is 24.0 Å². The molecular formula is C44H39BrN2O8. The molecule has 0 bridgehead atoms. The lowest BCUT2D eigenvalue weighted by atomic mass is 9.51. The number of carbonyl (C=O) groups is 4. The van der Waals surface area contributed by atoms with Crippen molar-refractivity contribution in [2.75, 3.05) is 31.1 Å². The van der Waals surface area contributed by atoms with Gasteiger partial charge in [-0.05, 0) is 107 Å². The smallest absolute Gasteiger partial charge is 0.241 e. The van der Waals surface area contributed by atoms with E-state index in [1.807, 2.05) is 61.5 Å². The third-order valence-corrected chi connectivity index (χ3v) is 12.5. The van der Waals surface area contributed by atoms with Crippen LogP contribution in [0.1, 0.15) is 42.4 Å². The van der Waals surface area contributed by atoms with Gasteiger partial charge in [0.25, 0.3) is 0 Å². The summed E-state index contributed by atoms with van der Waals surface area (Å²) in [5.74, 6) is -3.05. The second kappa shape index (κ2) is 13.9. The second-order valence-electron chi connectivity index (χ2n) is 14.6. The minimum Gasteiger partial charge on any atom is -0.503 e. The molecular weight excluding hydrogens is 764 g/mol. The maximum Gasteiger partial charge on any atom is 0.241 e. The summed E-state index contributed by atoms with van der Waals surface area (Å²) >= 11 is 3.46. The summed E-state index contributed by atoms with van der Waals surface area (Å²) in [6.45, 7) is 1.83. The quantitative estimate of drug-likeness (QED) is 0.109. The lowest BCUT2D eigenvalue weighted by Gasteiger charge is -2.49. The van der Waals surface area contributed by atoms with Crippen molar-refractivity contribution < 1.29 is 38.5 Å². The maximum absolute atomic E-state index is 14.7. The van der Waals surface area contributed by atoms with E-state index in [0.29, 0.717) is 39.3 Å². The highest BCUT2D eigenvalue weighted by Crippen LogP contribution is 2.64. The molecule has 11 heteroatoms. The van der Waals surface area contributed by atoms with E-state index in [0.717, 1.165) is 16.7 Å². The Balaban J connectivity index is 1.15. The van der Waals surface area contributed by atoms with E-state index >= 15 is 0 Å². The fourth-order valence-corrected chi connectivity index (χ4v) is 9.74. The molecule has 280 valence electrons. The lowest BCUT2D eigenvalue weighted by molar-refractivity contribution is -0.131. The van der Waals surface area contributed by atoms with Crippen molar-refractivity contribution in [2.24, 2.45) is 29.1 Å². The number of allylic oxidation sites excluding steroid dienone is 2. The van der Waals surface area contributed by atoms with Gasteiger partial charge >= 0.3 is 0 Å². The Morgan fingerprint density at radius 3 is 2.16 bits per heavy atom. The summed E-state index contributed by atoms with van der Waals surface area (Å²) in [6.07, 6.45) is 6.37. The molecule has 55 heavy (non-hydrogen) atoms. The molecule has 0 spiro atoms. The van der Waals surface area contributed by atoms with Crippen LogP contribution in [0.2, 0.25) is 0 Å². The monoisotopic (exact) mass is 802 g/mol. The molecule has 4 aliphatic rings. The number of amides is 4. The van der Waals surface area contributed by atoms with E-state index < -0.39 is 35.0 Å². The number of anilines is 2. The van der Waals surface area contributed by atoms with Crippen molar-refractivity contribution in [2.45, 2.75) is 25.7 Å². The number of phenolic OH excluding ortho intramolecular Hbond substituents is 1. The molecule has 2 heterocycles. The van der Waals surface area contributed by atoms with Crippen LogP contribution in [0.3, 0.4) is 0 Å². The van der Waals surface area contributed by atoms with Crippen LogP contribution in [0.15, 0.2) is 101 Å². The molecule has 1 saturated carbocycles. The molecule has 4 aromatic rings. The first kappa shape index (κ1) is 36.3. The van der Waals surface area contributed by atoms with Crippen molar-refractivity contribution in [3.63, 3.8) is 0 Å². The summed E-state index contributed by atoms with van der Waals surface area (Å²) in [5, 5.41) is 10.7. The highest BCUT2D eigenvalue weighted by atomic mass is 79.9. The highest BCUT2D eigenvalue weighted by Gasteiger charge is 2.67. The zero-order chi connectivity index (χ0) is 38.8. The number of phenols is 1. The lowest BCUT2D eigenvalue weighted by Crippen LogP contribution is -2.48. The van der Waals surface area contributed by atoms with Crippen LogP contribution in [0.4, 0.5) is 11.4 Å². The van der Waals surface area contributed by atoms with Gasteiger partial charge in [0.05, 0.1) is 60.3 Å². The minimum absolute atomic E-state index is 0.0912. The molecule has 0 unspecified atom stereocenters. The second-order valence-corrected chi connectivity index (χ2v) is 15.4. The molecule has 0 aromatic heterocycles. The Labute approximate surface area is 327 Å².